The topological polar surface area (TPSA) is 165 Å². The molecule has 0 bridgehead atoms. The summed E-state index contributed by atoms with van der Waals surface area (Å²) >= 11 is 0. The molecular formula is C13H15N5O7S. The number of sulfonamides is 1. The number of aromatic carboxylic acids is 1. The number of nitrogens with one attached hydrogen (secondary N) is 3. The Balaban J connectivity index is 2.19. The Morgan fingerprint density at radius 3 is 2.62 bits per heavy atom. The zero-order chi connectivity index (χ0) is 19.5. The monoisotopic (exact) mass is 385 g/mol. The number of carboxylic acid groups (broad SMARTS) is 1. The molecule has 4 N–H and O–H groups in total. The number of hydrazine groups is 1. The number of carbonyl (C=O) groups is 2. The zero-order valence-corrected chi connectivity index (χ0v) is 14.4. The maximum Gasteiger partial charge on any atom is 0.352 e. The van der Waals surface area contributed by atoms with Crippen LogP contribution in [-0.2, 0) is 14.8 Å². The summed E-state index contributed by atoms with van der Waals surface area (Å²) < 4.78 is 31.0. The number of rotatable bonds is 4. The summed E-state index contributed by atoms with van der Waals surface area (Å²) in [6, 6.07) is 3.43. The summed E-state index contributed by atoms with van der Waals surface area (Å²) in [6.45, 7) is 1.45. The standard InChI is InChI=1S/C13H15N5O7S/c1-8-7-11(25-2)14-18(17(8)22)15-13(21)16-26(23,24)10-6-4-3-5-9(10)12(19)20/h3-7,17H,1-2H3,(H,19,20)(H2,15,16,21). The molecule has 2 amide bonds. The molecule has 0 fully saturated rings. The van der Waals surface area contributed by atoms with Gasteiger partial charge in [0.2, 0.25) is 5.90 Å². The molecule has 1 aliphatic heterocycles. The molecule has 0 aliphatic carbocycles. The fraction of sp³-hybridized carbons (Fsp3) is 0.154. The van der Waals surface area contributed by atoms with Gasteiger partial charge in [-0.25, -0.2) is 27.9 Å². The summed E-state index contributed by atoms with van der Waals surface area (Å²) in [4.78, 5) is 22.5. The van der Waals surface area contributed by atoms with Crippen LogP contribution in [0.1, 0.15) is 17.3 Å². The highest BCUT2D eigenvalue weighted by Crippen LogP contribution is 2.15. The minimum atomic E-state index is -4.51. The Morgan fingerprint density at radius 2 is 2.00 bits per heavy atom. The van der Waals surface area contributed by atoms with Crippen molar-refractivity contribution in [1.82, 2.24) is 15.4 Å². The SMILES string of the molecule is COC1=NN(NC(=O)NS(=O)(=O)c2ccccc2C(=O)O)[NH+]([O-])C(C)=C1. The molecule has 1 atom stereocenters. The summed E-state index contributed by atoms with van der Waals surface area (Å²) in [5.74, 6) is -1.46. The van der Waals surface area contributed by atoms with Gasteiger partial charge >= 0.3 is 12.0 Å². The molecule has 12 nitrogen and oxygen atoms in total. The van der Waals surface area contributed by atoms with E-state index >= 15 is 0 Å². The third-order valence-electron chi connectivity index (χ3n) is 3.12. The number of hydroxylamine groups is 1. The lowest BCUT2D eigenvalue weighted by Crippen LogP contribution is -3.13. The van der Waals surface area contributed by atoms with Gasteiger partial charge in [-0.3, -0.25) is 0 Å². The van der Waals surface area contributed by atoms with Crippen molar-refractivity contribution in [2.24, 2.45) is 5.10 Å². The van der Waals surface area contributed by atoms with Gasteiger partial charge in [-0.15, -0.1) is 0 Å². The van der Waals surface area contributed by atoms with Crippen LogP contribution in [-0.4, -0.2) is 43.8 Å². The summed E-state index contributed by atoms with van der Waals surface area (Å²) in [5.41, 5.74) is 1.61. The number of hydrazone groups is 1. The van der Waals surface area contributed by atoms with Crippen LogP contribution in [0.25, 0.3) is 0 Å². The van der Waals surface area contributed by atoms with E-state index in [2.05, 4.69) is 5.10 Å². The summed E-state index contributed by atoms with van der Waals surface area (Å²) in [6.07, 6.45) is 1.33. The van der Waals surface area contributed by atoms with Gasteiger partial charge in [0.05, 0.1) is 18.7 Å². The van der Waals surface area contributed by atoms with E-state index in [0.717, 1.165) is 12.1 Å². The maximum absolute atomic E-state index is 12.3. The number of methoxy groups -OCH3 is 1. The largest absolute Gasteiger partial charge is 0.600 e. The number of carboxylic acids is 1. The highest BCUT2D eigenvalue weighted by molar-refractivity contribution is 7.90. The third-order valence-corrected chi connectivity index (χ3v) is 4.51. The average molecular weight is 385 g/mol. The Kier molecular flexibility index (Phi) is 5.44. The number of nitrogens with zero attached hydrogens (tertiary/aromatic N) is 2. The Labute approximate surface area is 147 Å². The smallest absolute Gasteiger partial charge is 0.352 e. The predicted octanol–water partition coefficient (Wildman–Crippen LogP) is -1.24. The Hall–Kier alpha value is -3.16. The maximum atomic E-state index is 12.3. The quantitative estimate of drug-likeness (QED) is 0.468. The minimum absolute atomic E-state index is 0.0153. The van der Waals surface area contributed by atoms with E-state index in [-0.39, 0.29) is 11.6 Å². The van der Waals surface area contributed by atoms with Crippen LogP contribution < -0.4 is 15.3 Å². The molecule has 140 valence electrons. The third kappa shape index (κ3) is 4.08. The first kappa shape index (κ1) is 19.2. The van der Waals surface area contributed by atoms with Gasteiger partial charge < -0.3 is 15.1 Å². The van der Waals surface area contributed by atoms with Crippen molar-refractivity contribution >= 4 is 27.9 Å². The molecule has 1 aromatic rings. The molecule has 1 unspecified atom stereocenters. The molecule has 26 heavy (non-hydrogen) atoms. The number of carbonyl (C=O) groups excluding carboxylic acids is 1. The van der Waals surface area contributed by atoms with Crippen molar-refractivity contribution in [2.45, 2.75) is 11.8 Å². The van der Waals surface area contributed by atoms with Gasteiger partial charge in [0, 0.05) is 6.92 Å². The Morgan fingerprint density at radius 1 is 1.35 bits per heavy atom. The van der Waals surface area contributed by atoms with Gasteiger partial charge in [-0.1, -0.05) is 17.2 Å². The van der Waals surface area contributed by atoms with Crippen LogP contribution in [0.2, 0.25) is 0 Å². The van der Waals surface area contributed by atoms with Crippen molar-refractivity contribution in [1.29, 1.82) is 0 Å². The molecule has 0 saturated heterocycles. The number of ether oxygens (including phenoxy) is 1. The number of allylic oxidation sites excluding steroid dienone is 1. The lowest BCUT2D eigenvalue weighted by atomic mass is 10.2. The second-order valence-electron chi connectivity index (χ2n) is 4.93. The van der Waals surface area contributed by atoms with Gasteiger partial charge in [0.1, 0.15) is 10.6 Å². The van der Waals surface area contributed by atoms with Crippen LogP contribution in [0, 0.1) is 5.21 Å². The summed E-state index contributed by atoms with van der Waals surface area (Å²) in [7, 11) is -3.22. The normalized spacial score (nSPS) is 17.0. The van der Waals surface area contributed by atoms with Gasteiger partial charge in [0.15, 0.2) is 0 Å². The number of urea groups is 1. The number of hydrogen-bond acceptors (Lipinski definition) is 8. The fourth-order valence-corrected chi connectivity index (χ4v) is 3.04. The van der Waals surface area contributed by atoms with E-state index in [1.54, 1.807) is 4.72 Å². The lowest BCUT2D eigenvalue weighted by molar-refractivity contribution is -0.947. The number of quaternary nitrogens is 1. The van der Waals surface area contributed by atoms with Crippen LogP contribution in [0.5, 0.6) is 0 Å². The first-order chi connectivity index (χ1) is 12.2. The van der Waals surface area contributed by atoms with E-state index in [1.165, 1.54) is 32.2 Å². The Bertz CT molecular complexity index is 896. The zero-order valence-electron chi connectivity index (χ0n) is 13.6. The van der Waals surface area contributed by atoms with Crippen molar-refractivity contribution in [3.05, 3.63) is 46.8 Å². The number of amides is 2. The van der Waals surface area contributed by atoms with Crippen LogP contribution >= 0.6 is 0 Å². The number of hydrogen-bond donors (Lipinski definition) is 4. The first-order valence-corrected chi connectivity index (χ1v) is 8.45. The molecule has 1 aromatic carbocycles. The average Bonchev–Trinajstić information content (AvgIpc) is 2.58. The predicted molar refractivity (Wildman–Crippen MR) is 86.6 cm³/mol. The second kappa shape index (κ2) is 7.38. The van der Waals surface area contributed by atoms with Crippen molar-refractivity contribution in [3.63, 3.8) is 0 Å². The van der Waals surface area contributed by atoms with E-state index in [9.17, 15) is 23.2 Å². The lowest BCUT2D eigenvalue weighted by Gasteiger charge is -2.32. The molecule has 13 heteroatoms. The van der Waals surface area contributed by atoms with E-state index in [4.69, 9.17) is 9.84 Å². The molecular weight excluding hydrogens is 370 g/mol. The summed E-state index contributed by atoms with van der Waals surface area (Å²) in [5, 5.41) is 24.4. The second-order valence-corrected chi connectivity index (χ2v) is 6.59. The fourth-order valence-electron chi connectivity index (χ4n) is 1.94. The van der Waals surface area contributed by atoms with E-state index in [1.807, 2.05) is 5.43 Å². The van der Waals surface area contributed by atoms with Crippen LogP contribution in [0.4, 0.5) is 4.79 Å². The molecule has 2 rings (SSSR count). The van der Waals surface area contributed by atoms with Gasteiger partial charge in [-0.05, 0) is 17.4 Å². The van der Waals surface area contributed by atoms with Crippen molar-refractivity contribution in [2.75, 3.05) is 7.11 Å². The van der Waals surface area contributed by atoms with Gasteiger partial charge in [0.25, 0.3) is 10.0 Å². The van der Waals surface area contributed by atoms with Crippen molar-refractivity contribution < 1.29 is 33.0 Å². The minimum Gasteiger partial charge on any atom is -0.600 e. The highest BCUT2D eigenvalue weighted by Gasteiger charge is 2.27. The van der Waals surface area contributed by atoms with Crippen LogP contribution in [0.3, 0.4) is 0 Å². The molecule has 0 spiro atoms. The first-order valence-electron chi connectivity index (χ1n) is 6.97. The highest BCUT2D eigenvalue weighted by atomic mass is 32.2. The molecule has 1 aliphatic rings. The molecule has 1 heterocycles. The molecule has 0 radical (unpaired) electrons. The van der Waals surface area contributed by atoms with Crippen molar-refractivity contribution in [3.8, 4) is 0 Å². The van der Waals surface area contributed by atoms with E-state index in [0.29, 0.717) is 5.23 Å². The molecule has 0 saturated carbocycles. The van der Waals surface area contributed by atoms with Crippen LogP contribution in [0.15, 0.2) is 46.0 Å². The molecule has 0 aromatic heterocycles. The van der Waals surface area contributed by atoms with E-state index < -0.39 is 37.7 Å². The number of benzene rings is 1. The van der Waals surface area contributed by atoms with Gasteiger partial charge in [-0.2, -0.15) is 5.43 Å².